The molecule has 0 amide bonds. The van der Waals surface area contributed by atoms with Crippen LogP contribution in [0.2, 0.25) is 0 Å². The monoisotopic (exact) mass is 1960 g/mol. The van der Waals surface area contributed by atoms with Crippen LogP contribution >= 0.6 is 56.7 Å². The summed E-state index contributed by atoms with van der Waals surface area (Å²) >= 11 is 9.30. The first-order valence-electron chi connectivity index (χ1n) is 49.0. The van der Waals surface area contributed by atoms with E-state index in [9.17, 15) is 0 Å². The molecule has 20 aromatic carbocycles. The number of thiophene rings is 5. The molecule has 12 heterocycles. The smallest absolute Gasteiger partial charge is 0.238 e. The highest BCUT2D eigenvalue weighted by Crippen LogP contribution is 2.52. The van der Waals surface area contributed by atoms with E-state index in [0.29, 0.717) is 41.1 Å². The molecule has 0 aliphatic rings. The maximum absolute atomic E-state index is 5.22. The van der Waals surface area contributed by atoms with Gasteiger partial charge in [0.2, 0.25) is 17.8 Å². The van der Waals surface area contributed by atoms with Gasteiger partial charge in [-0.1, -0.05) is 352 Å². The topological polar surface area (TPSA) is 123 Å². The largest absolute Gasteiger partial charge is 0.309 e. The summed E-state index contributed by atoms with van der Waals surface area (Å²) in [6.45, 7) is 0. The highest BCUT2D eigenvalue weighted by Gasteiger charge is 2.28. The maximum Gasteiger partial charge on any atom is 0.238 e. The maximum atomic E-state index is 5.22. The van der Waals surface area contributed by atoms with Crippen LogP contribution in [0.3, 0.4) is 0 Å². The molecule has 17 heteroatoms. The lowest BCUT2D eigenvalue weighted by atomic mass is 10.00. The van der Waals surface area contributed by atoms with Crippen LogP contribution in [0.15, 0.2) is 461 Å². The van der Waals surface area contributed by atoms with Gasteiger partial charge in [0.25, 0.3) is 0 Å². The van der Waals surface area contributed by atoms with Gasteiger partial charge in [-0.3, -0.25) is 13.7 Å². The Labute approximate surface area is 859 Å². The molecule has 0 fully saturated rings. The van der Waals surface area contributed by atoms with E-state index in [1.807, 2.05) is 142 Å². The van der Waals surface area contributed by atoms with Gasteiger partial charge < -0.3 is 4.57 Å². The van der Waals surface area contributed by atoms with Crippen LogP contribution in [-0.4, -0.2) is 58.1 Å². The Hall–Kier alpha value is -18.2. The van der Waals surface area contributed by atoms with E-state index in [1.54, 1.807) is 0 Å². The molecule has 32 aromatic rings. The summed E-state index contributed by atoms with van der Waals surface area (Å²) in [7, 11) is 0. The fourth-order valence-electron chi connectivity index (χ4n) is 22.1. The van der Waals surface area contributed by atoms with Crippen molar-refractivity contribution >= 4 is 245 Å². The second-order valence-corrected chi connectivity index (χ2v) is 42.3. The predicted molar refractivity (Wildman–Crippen MR) is 622 cm³/mol. The lowest BCUT2D eigenvalue weighted by Gasteiger charge is -2.11. The van der Waals surface area contributed by atoms with Crippen molar-refractivity contribution in [2.45, 2.75) is 0 Å². The van der Waals surface area contributed by atoms with Crippen molar-refractivity contribution in [3.8, 4) is 103 Å². The minimum Gasteiger partial charge on any atom is -0.309 e. The molecule has 0 atom stereocenters. The quantitative estimate of drug-likeness (QED) is 0.125. The van der Waals surface area contributed by atoms with E-state index in [0.717, 1.165) is 83.4 Å². The van der Waals surface area contributed by atoms with Crippen LogP contribution in [0.1, 0.15) is 0 Å². The Morgan fingerprint density at radius 2 is 0.463 bits per heavy atom. The number of hydrogen-bond acceptors (Lipinski definition) is 13. The van der Waals surface area contributed by atoms with Crippen molar-refractivity contribution in [3.05, 3.63) is 461 Å². The molecule has 12 aromatic heterocycles. The van der Waals surface area contributed by atoms with Gasteiger partial charge in [-0.25, -0.2) is 19.9 Å². The van der Waals surface area contributed by atoms with Crippen LogP contribution in [0, 0.1) is 0 Å². The molecule has 0 aliphatic carbocycles. The van der Waals surface area contributed by atoms with Crippen LogP contribution in [0.5, 0.6) is 0 Å². The highest BCUT2D eigenvalue weighted by molar-refractivity contribution is 7.28. The molecule has 147 heavy (non-hydrogen) atoms. The Morgan fingerprint density at radius 1 is 0.163 bits per heavy atom. The summed E-state index contributed by atoms with van der Waals surface area (Å²) in [5.41, 5.74) is 20.6. The lowest BCUT2D eigenvalue weighted by Crippen LogP contribution is -2.06. The minimum atomic E-state index is 0.598. The van der Waals surface area contributed by atoms with Gasteiger partial charge in [0.1, 0.15) is 0 Å². The van der Waals surface area contributed by atoms with Gasteiger partial charge in [0.05, 0.1) is 49.8 Å². The van der Waals surface area contributed by atoms with Crippen molar-refractivity contribution in [1.29, 1.82) is 0 Å². The van der Waals surface area contributed by atoms with Crippen LogP contribution in [0.25, 0.3) is 291 Å². The normalized spacial score (nSPS) is 11.9. The molecule has 686 valence electrons. The lowest BCUT2D eigenvalue weighted by molar-refractivity contribution is 0.953. The highest BCUT2D eigenvalue weighted by atomic mass is 32.1. The average Bonchev–Trinajstić information content (AvgIpc) is 1.57. The Balaban J connectivity index is 0.000000102. The standard InChI is InChI=1S/2C45H26N4S2.C40H24N4S/c1-3-12-27(13-4-1)43-46-44(28-14-5-2-6-15-28)48-45(47-43)49-36-24-22-29(30-18-11-19-33-31-16-7-9-20-38(31)50-41(30)33)26-35(36)40-37(49)25-23-34-32-17-8-10-21-39(32)51-42(34)40;1-3-12-27(13-4-1)43-46-44(28-14-5-2-6-15-28)48-45(47-43)49-36-25-24-34-32-17-8-10-21-39(32)51-42(34)40(36)35-23-22-29(26-37(35)49)30-18-11-19-33-31-16-7-9-20-38(31)50-41(30)33;1-2-10-26(11-3-1)43-33-15-7-4-12-27(33)28-19-18-25(24-36(28)43)32-22-23-41-40(42-32)44-34-16-8-5-14-31(34)38-35(44)21-20-30-29-13-6-9-17-37(29)45-39(30)38/h2*1-26H;1-24H. The van der Waals surface area contributed by atoms with Crippen LogP contribution in [0.4, 0.5) is 0 Å². The van der Waals surface area contributed by atoms with E-state index in [1.165, 1.54) is 166 Å². The fourth-order valence-corrected chi connectivity index (χ4v) is 28.4. The molecule has 12 nitrogen and oxygen atoms in total. The zero-order chi connectivity index (χ0) is 96.4. The van der Waals surface area contributed by atoms with Gasteiger partial charge in [-0.15, -0.1) is 56.7 Å². The number of para-hydroxylation sites is 3. The third-order valence-electron chi connectivity index (χ3n) is 28.8. The first kappa shape index (κ1) is 84.5. The number of benzene rings is 20. The molecule has 32 rings (SSSR count). The predicted octanol–water partition coefficient (Wildman–Crippen LogP) is 36.1. The Bertz CT molecular complexity index is 10900. The molecule has 0 aliphatic heterocycles. The molecular weight excluding hydrogens is 1890 g/mol. The van der Waals surface area contributed by atoms with Crippen molar-refractivity contribution in [3.63, 3.8) is 0 Å². The molecule has 0 saturated heterocycles. The van der Waals surface area contributed by atoms with Gasteiger partial charge in [-0.2, -0.15) is 19.9 Å². The van der Waals surface area contributed by atoms with E-state index in [-0.39, 0.29) is 0 Å². The summed E-state index contributed by atoms with van der Waals surface area (Å²) < 4.78 is 22.0. The second kappa shape index (κ2) is 34.3. The Kier molecular flexibility index (Phi) is 19.7. The molecule has 0 radical (unpaired) electrons. The fraction of sp³-hybridized carbons (Fsp3) is 0. The van der Waals surface area contributed by atoms with Crippen molar-refractivity contribution in [1.82, 2.24) is 58.1 Å². The van der Waals surface area contributed by atoms with Crippen LogP contribution in [-0.2, 0) is 0 Å². The van der Waals surface area contributed by atoms with E-state index in [4.69, 9.17) is 39.9 Å². The van der Waals surface area contributed by atoms with E-state index < -0.39 is 0 Å². The van der Waals surface area contributed by atoms with Gasteiger partial charge in [-0.05, 0) is 125 Å². The third kappa shape index (κ3) is 13.8. The Morgan fingerprint density at radius 3 is 0.925 bits per heavy atom. The average molecular weight is 1970 g/mol. The van der Waals surface area contributed by atoms with Gasteiger partial charge >= 0.3 is 0 Å². The molecular formula is C130H76N12S5. The zero-order valence-corrected chi connectivity index (χ0v) is 82.4. The molecule has 0 bridgehead atoms. The summed E-state index contributed by atoms with van der Waals surface area (Å²) in [5.74, 6) is 4.44. The number of rotatable bonds is 11. The van der Waals surface area contributed by atoms with E-state index >= 15 is 0 Å². The van der Waals surface area contributed by atoms with Crippen molar-refractivity contribution in [2.75, 3.05) is 0 Å². The SMILES string of the molecule is c1ccc(-c2nc(-c3ccccc3)nc(-n3c4cc(-c5cccc6c5sc5ccccc56)ccc4c4c5sc6ccccc6c5ccc43)n2)cc1.c1ccc(-c2nc(-c3ccccc3)nc(-n3c4ccc(-c5cccc6c5sc5ccccc56)cc4c4c5sc6ccccc6c5ccc43)n2)cc1.c1ccc(-n2c3ccccc3c3ccc(-c4ccnc(-n5c6ccccc6c6c7sc8ccccc8c7ccc65)n4)cc32)cc1. The summed E-state index contributed by atoms with van der Waals surface area (Å²) in [6, 6.07) is 161. The third-order valence-corrected chi connectivity index (χ3v) is 34.8. The number of nitrogens with zero attached hydrogens (tertiary/aromatic N) is 12. The van der Waals surface area contributed by atoms with Gasteiger partial charge in [0, 0.05) is 184 Å². The summed E-state index contributed by atoms with van der Waals surface area (Å²) in [4.78, 5) is 40.9. The first-order valence-corrected chi connectivity index (χ1v) is 53.1. The molecule has 0 spiro atoms. The minimum absolute atomic E-state index is 0.598. The molecule has 0 saturated carbocycles. The first-order chi connectivity index (χ1) is 72.9. The molecule has 0 unspecified atom stereocenters. The molecule has 0 N–H and O–H groups in total. The van der Waals surface area contributed by atoms with Crippen molar-refractivity contribution in [2.24, 2.45) is 0 Å². The number of fused-ring (bicyclic) bond motifs is 30. The summed E-state index contributed by atoms with van der Waals surface area (Å²) in [6.07, 6.45) is 1.88. The van der Waals surface area contributed by atoms with Crippen LogP contribution < -0.4 is 0 Å². The number of aromatic nitrogens is 12. The van der Waals surface area contributed by atoms with E-state index in [2.05, 4.69) is 394 Å². The summed E-state index contributed by atoms with van der Waals surface area (Å²) in [5, 5.41) is 22.6. The van der Waals surface area contributed by atoms with Gasteiger partial charge in [0.15, 0.2) is 23.3 Å². The number of hydrogen-bond donors (Lipinski definition) is 0. The second-order valence-electron chi connectivity index (χ2n) is 37.0. The zero-order valence-electron chi connectivity index (χ0n) is 78.3. The van der Waals surface area contributed by atoms with Crippen molar-refractivity contribution < 1.29 is 0 Å².